The number of Topliss-reactive ketones (excluding diaryl/α,β-unsaturated/α-hetero) is 1. The molecule has 0 spiro atoms. The Balaban J connectivity index is 2.21. The molecule has 1 N–H and O–H groups in total. The van der Waals surface area contributed by atoms with Gasteiger partial charge in [-0.15, -0.1) is 6.58 Å². The molecule has 244 valence electrons. The van der Waals surface area contributed by atoms with Crippen LogP contribution in [-0.2, 0) is 33.3 Å². The van der Waals surface area contributed by atoms with Crippen molar-refractivity contribution in [2.75, 3.05) is 13.7 Å². The van der Waals surface area contributed by atoms with Gasteiger partial charge in [-0.3, -0.25) is 4.79 Å². The average Bonchev–Trinajstić information content (AvgIpc) is 3.03. The van der Waals surface area contributed by atoms with Crippen LogP contribution in [-0.4, -0.2) is 79.0 Å². The molecular formula is C32H36N4O10. The highest BCUT2D eigenvalue weighted by Crippen LogP contribution is 2.38. The fourth-order valence-electron chi connectivity index (χ4n) is 4.84. The number of methoxy groups -OCH3 is 1. The van der Waals surface area contributed by atoms with E-state index in [9.17, 15) is 24.0 Å². The zero-order chi connectivity index (χ0) is 33.9. The van der Waals surface area contributed by atoms with E-state index in [1.165, 1.54) is 30.3 Å². The lowest BCUT2D eigenvalue weighted by Gasteiger charge is -2.47. The highest BCUT2D eigenvalue weighted by molar-refractivity contribution is 5.94. The van der Waals surface area contributed by atoms with Gasteiger partial charge in [0.25, 0.3) is 0 Å². The zero-order valence-corrected chi connectivity index (χ0v) is 25.9. The van der Waals surface area contributed by atoms with Crippen LogP contribution in [0.4, 0.5) is 4.79 Å². The van der Waals surface area contributed by atoms with Crippen LogP contribution in [0, 0.1) is 0 Å². The molecule has 1 heterocycles. The molecule has 2 aromatic rings. The number of nitrogens with one attached hydrogen (secondary N) is 1. The quantitative estimate of drug-likeness (QED) is 0.0867. The molecule has 0 aliphatic carbocycles. The first-order valence-corrected chi connectivity index (χ1v) is 14.3. The van der Waals surface area contributed by atoms with Gasteiger partial charge in [0.05, 0.1) is 30.8 Å². The van der Waals surface area contributed by atoms with E-state index in [1.54, 1.807) is 57.2 Å². The number of rotatable bonds is 12. The monoisotopic (exact) mass is 636 g/mol. The first-order valence-electron chi connectivity index (χ1n) is 14.3. The van der Waals surface area contributed by atoms with E-state index in [0.29, 0.717) is 0 Å². The second-order valence-corrected chi connectivity index (χ2v) is 11.3. The van der Waals surface area contributed by atoms with E-state index < -0.39 is 71.9 Å². The highest BCUT2D eigenvalue weighted by Gasteiger charge is 2.57. The summed E-state index contributed by atoms with van der Waals surface area (Å²) < 4.78 is 28.3. The maximum Gasteiger partial charge on any atom is 0.408 e. The van der Waals surface area contributed by atoms with Crippen molar-refractivity contribution < 1.29 is 47.7 Å². The summed E-state index contributed by atoms with van der Waals surface area (Å²) in [5.41, 5.74) is 6.24. The molecule has 2 aromatic carbocycles. The third kappa shape index (κ3) is 9.16. The number of esters is 3. The van der Waals surface area contributed by atoms with Crippen LogP contribution in [0.1, 0.15) is 54.3 Å². The SMILES string of the molecule is C=CC[C@]1(C(=O)OC)C[C@H](OC(=O)c2ccccc2)[C@@H](NC(=O)OC(C)(C)C)[C@H]([C@@H](OC(=O)c2ccccc2)C(=O)CN=[N+]=[N-])O1. The lowest BCUT2D eigenvalue weighted by molar-refractivity contribution is -0.219. The summed E-state index contributed by atoms with van der Waals surface area (Å²) in [4.78, 5) is 69.3. The molecule has 1 aliphatic heterocycles. The van der Waals surface area contributed by atoms with Crippen molar-refractivity contribution in [2.45, 2.75) is 69.2 Å². The number of carbonyl (C=O) groups excluding carboxylic acids is 5. The van der Waals surface area contributed by atoms with Gasteiger partial charge < -0.3 is 29.0 Å². The van der Waals surface area contributed by atoms with Gasteiger partial charge in [-0.2, -0.15) is 0 Å². The molecule has 5 atom stereocenters. The number of amides is 1. The maximum atomic E-state index is 13.6. The summed E-state index contributed by atoms with van der Waals surface area (Å²) in [6.45, 7) is 7.77. The van der Waals surface area contributed by atoms with Gasteiger partial charge in [0.15, 0.2) is 17.5 Å². The molecule has 0 unspecified atom stereocenters. The van der Waals surface area contributed by atoms with Gasteiger partial charge in [-0.25, -0.2) is 19.2 Å². The van der Waals surface area contributed by atoms with Gasteiger partial charge in [0.2, 0.25) is 0 Å². The number of nitrogens with zero attached hydrogens (tertiary/aromatic N) is 3. The minimum absolute atomic E-state index is 0.0638. The van der Waals surface area contributed by atoms with Crippen LogP contribution in [0.25, 0.3) is 10.4 Å². The second-order valence-electron chi connectivity index (χ2n) is 11.3. The standard InChI is InChI=1S/C32H36N4O10/c1-6-17-32(29(40)42-5)18-23(43-27(38)20-13-9-7-10-14-20)24(35-30(41)46-31(2,3)4)26(45-32)25(22(37)19-34-36-33)44-28(39)21-15-11-8-12-16-21/h6-16,23-26H,1,17-19H2,2-5H3,(H,35,41)/t23-,24+,25-,26+,32+/m0/s1. The number of ether oxygens (including phenoxy) is 5. The van der Waals surface area contributed by atoms with Crippen molar-refractivity contribution in [2.24, 2.45) is 5.11 Å². The van der Waals surface area contributed by atoms with Crippen LogP contribution in [0.15, 0.2) is 78.4 Å². The molecule has 1 aliphatic rings. The number of carbonyl (C=O) groups is 5. The smallest absolute Gasteiger partial charge is 0.408 e. The van der Waals surface area contributed by atoms with Crippen LogP contribution in [0.5, 0.6) is 0 Å². The number of benzene rings is 2. The van der Waals surface area contributed by atoms with Gasteiger partial charge in [-0.05, 0) is 50.6 Å². The molecule has 0 saturated carbocycles. The summed E-state index contributed by atoms with van der Waals surface area (Å²) in [6, 6.07) is 14.2. The van der Waals surface area contributed by atoms with Gasteiger partial charge in [-0.1, -0.05) is 47.6 Å². The largest absolute Gasteiger partial charge is 0.467 e. The normalized spacial score (nSPS) is 21.3. The lowest BCUT2D eigenvalue weighted by atomic mass is 9.81. The molecule has 0 aromatic heterocycles. The van der Waals surface area contributed by atoms with E-state index in [0.717, 1.165) is 7.11 Å². The number of hydrogen-bond donors (Lipinski definition) is 1. The molecule has 3 rings (SSSR count). The van der Waals surface area contributed by atoms with Crippen LogP contribution in [0.3, 0.4) is 0 Å². The number of hydrogen-bond acceptors (Lipinski definition) is 11. The molecule has 14 nitrogen and oxygen atoms in total. The molecule has 14 heteroatoms. The molecule has 46 heavy (non-hydrogen) atoms. The van der Waals surface area contributed by atoms with Gasteiger partial charge in [0, 0.05) is 17.8 Å². The van der Waals surface area contributed by atoms with Crippen molar-refractivity contribution in [3.63, 3.8) is 0 Å². The zero-order valence-electron chi connectivity index (χ0n) is 25.9. The molecule has 0 bridgehead atoms. The van der Waals surface area contributed by atoms with Crippen molar-refractivity contribution >= 4 is 29.8 Å². The number of alkyl carbamates (subject to hydrolysis) is 1. The molecular weight excluding hydrogens is 600 g/mol. The fourth-order valence-corrected chi connectivity index (χ4v) is 4.84. The predicted molar refractivity (Wildman–Crippen MR) is 163 cm³/mol. The summed E-state index contributed by atoms with van der Waals surface area (Å²) in [7, 11) is 1.11. The second kappa shape index (κ2) is 15.7. The van der Waals surface area contributed by atoms with Crippen LogP contribution >= 0.6 is 0 Å². The minimum Gasteiger partial charge on any atom is -0.467 e. The number of azide groups is 1. The van der Waals surface area contributed by atoms with E-state index in [-0.39, 0.29) is 24.0 Å². The lowest BCUT2D eigenvalue weighted by Crippen LogP contribution is -2.68. The Kier molecular flexibility index (Phi) is 12.0. The van der Waals surface area contributed by atoms with E-state index in [1.807, 2.05) is 0 Å². The van der Waals surface area contributed by atoms with E-state index >= 15 is 0 Å². The van der Waals surface area contributed by atoms with Crippen molar-refractivity contribution in [3.05, 3.63) is 94.9 Å². The van der Waals surface area contributed by atoms with Crippen molar-refractivity contribution in [3.8, 4) is 0 Å². The van der Waals surface area contributed by atoms with Crippen molar-refractivity contribution in [1.29, 1.82) is 0 Å². The van der Waals surface area contributed by atoms with Crippen LogP contribution in [0.2, 0.25) is 0 Å². The third-order valence-electron chi connectivity index (χ3n) is 6.78. The maximum absolute atomic E-state index is 13.6. The minimum atomic E-state index is -1.93. The Labute approximate surface area is 265 Å². The van der Waals surface area contributed by atoms with E-state index in [4.69, 9.17) is 29.2 Å². The molecule has 1 fully saturated rings. The summed E-state index contributed by atoms with van der Waals surface area (Å²) in [5, 5.41) is 5.90. The van der Waals surface area contributed by atoms with Gasteiger partial charge in [0.1, 0.15) is 17.8 Å². The molecule has 1 amide bonds. The Hall–Kier alpha value is -5.20. The summed E-state index contributed by atoms with van der Waals surface area (Å²) in [5.74, 6) is -3.63. The predicted octanol–water partition coefficient (Wildman–Crippen LogP) is 4.49. The van der Waals surface area contributed by atoms with Gasteiger partial charge >= 0.3 is 24.0 Å². The average molecular weight is 637 g/mol. The van der Waals surface area contributed by atoms with Crippen molar-refractivity contribution in [1.82, 2.24) is 5.32 Å². The first-order chi connectivity index (χ1) is 21.8. The molecule has 0 radical (unpaired) electrons. The van der Waals surface area contributed by atoms with Crippen LogP contribution < -0.4 is 5.32 Å². The number of ketones is 1. The Bertz CT molecular complexity index is 1470. The summed E-state index contributed by atoms with van der Waals surface area (Å²) >= 11 is 0. The highest BCUT2D eigenvalue weighted by atomic mass is 16.6. The fraction of sp³-hybridized carbons (Fsp3) is 0.406. The third-order valence-corrected chi connectivity index (χ3v) is 6.78. The Morgan fingerprint density at radius 2 is 1.65 bits per heavy atom. The van der Waals surface area contributed by atoms with E-state index in [2.05, 4.69) is 21.9 Å². The summed E-state index contributed by atoms with van der Waals surface area (Å²) in [6.07, 6.45) is -5.18. The first kappa shape index (κ1) is 35.3. The Morgan fingerprint density at radius 3 is 2.17 bits per heavy atom. The Morgan fingerprint density at radius 1 is 1.07 bits per heavy atom. The molecule has 1 saturated heterocycles. The topological polar surface area (TPSA) is 192 Å².